The molecule has 3 saturated heterocycles. The average Bonchev–Trinajstić information content (AvgIpc) is 2.71. The van der Waals surface area contributed by atoms with E-state index in [9.17, 15) is 4.79 Å². The van der Waals surface area contributed by atoms with Crippen LogP contribution in [0.4, 0.5) is 0 Å². The van der Waals surface area contributed by atoms with Crippen LogP contribution in [-0.4, -0.2) is 35.5 Å². The normalized spacial score (nSPS) is 40.3. The highest BCUT2D eigenvalue weighted by Gasteiger charge is 2.36. The van der Waals surface area contributed by atoms with Gasteiger partial charge in [0.15, 0.2) is 0 Å². The average molecular weight is 301 g/mol. The van der Waals surface area contributed by atoms with E-state index in [0.29, 0.717) is 35.9 Å². The van der Waals surface area contributed by atoms with Gasteiger partial charge in [0, 0.05) is 31.1 Å². The molecule has 2 bridgehead atoms. The fourth-order valence-corrected chi connectivity index (χ4v) is 4.34. The molecule has 0 spiro atoms. The van der Waals surface area contributed by atoms with Gasteiger partial charge in [0.25, 0.3) is 0 Å². The lowest BCUT2D eigenvalue weighted by atomic mass is 9.88. The van der Waals surface area contributed by atoms with E-state index in [-0.39, 0.29) is 12.4 Å². The lowest BCUT2D eigenvalue weighted by Gasteiger charge is -2.38. The van der Waals surface area contributed by atoms with Gasteiger partial charge in [-0.2, -0.15) is 0 Å². The minimum Gasteiger partial charge on any atom is -0.340 e. The number of likely N-dealkylation sites (tertiary alicyclic amines) is 1. The number of nitrogens with zero attached hydrogens (tertiary/aromatic N) is 1. The lowest BCUT2D eigenvalue weighted by Crippen LogP contribution is -2.46. The Morgan fingerprint density at radius 1 is 1.10 bits per heavy atom. The fourth-order valence-electron chi connectivity index (χ4n) is 4.34. The Labute approximate surface area is 129 Å². The molecule has 116 valence electrons. The Balaban J connectivity index is 0.00000147. The van der Waals surface area contributed by atoms with Gasteiger partial charge < -0.3 is 10.2 Å². The third-order valence-corrected chi connectivity index (χ3v) is 5.47. The van der Waals surface area contributed by atoms with Crippen molar-refractivity contribution in [1.82, 2.24) is 10.2 Å². The SMILES string of the molecule is CC1CCC(C)N(C(=O)CC2CC3CCC(C2)N3)C1.Cl. The number of hydrogen-bond acceptors (Lipinski definition) is 2. The van der Waals surface area contributed by atoms with Crippen LogP contribution in [0.1, 0.15) is 58.8 Å². The predicted octanol–water partition coefficient (Wildman–Crippen LogP) is 2.98. The molecule has 0 aromatic heterocycles. The number of carbonyl (C=O) groups excluding carboxylic acids is 1. The van der Waals surface area contributed by atoms with Gasteiger partial charge in [0.1, 0.15) is 0 Å². The molecule has 3 heterocycles. The number of rotatable bonds is 2. The first kappa shape index (κ1) is 16.1. The molecule has 1 N–H and O–H groups in total. The van der Waals surface area contributed by atoms with Crippen molar-refractivity contribution in [1.29, 1.82) is 0 Å². The summed E-state index contributed by atoms with van der Waals surface area (Å²) in [5.74, 6) is 1.74. The molecule has 4 unspecified atom stereocenters. The summed E-state index contributed by atoms with van der Waals surface area (Å²) >= 11 is 0. The summed E-state index contributed by atoms with van der Waals surface area (Å²) in [6, 6.07) is 1.87. The number of piperidine rings is 2. The summed E-state index contributed by atoms with van der Waals surface area (Å²) in [5, 5.41) is 3.66. The van der Waals surface area contributed by atoms with Crippen LogP contribution >= 0.6 is 12.4 Å². The number of fused-ring (bicyclic) bond motifs is 2. The van der Waals surface area contributed by atoms with Crippen LogP contribution in [-0.2, 0) is 4.79 Å². The van der Waals surface area contributed by atoms with E-state index in [1.54, 1.807) is 0 Å². The maximum Gasteiger partial charge on any atom is 0.223 e. The summed E-state index contributed by atoms with van der Waals surface area (Å²) in [6.45, 7) is 5.48. The highest BCUT2D eigenvalue weighted by atomic mass is 35.5. The van der Waals surface area contributed by atoms with Crippen molar-refractivity contribution in [3.63, 3.8) is 0 Å². The van der Waals surface area contributed by atoms with Crippen LogP contribution in [0.5, 0.6) is 0 Å². The highest BCUT2D eigenvalue weighted by molar-refractivity contribution is 5.85. The van der Waals surface area contributed by atoms with Crippen LogP contribution in [0.25, 0.3) is 0 Å². The van der Waals surface area contributed by atoms with Crippen molar-refractivity contribution in [2.75, 3.05) is 6.54 Å². The van der Waals surface area contributed by atoms with E-state index in [0.717, 1.165) is 13.0 Å². The van der Waals surface area contributed by atoms with Crippen LogP contribution in [0, 0.1) is 11.8 Å². The number of amides is 1. The van der Waals surface area contributed by atoms with E-state index >= 15 is 0 Å². The lowest BCUT2D eigenvalue weighted by molar-refractivity contribution is -0.136. The molecular weight excluding hydrogens is 272 g/mol. The Bertz CT molecular complexity index is 337. The summed E-state index contributed by atoms with van der Waals surface area (Å²) in [5.41, 5.74) is 0. The first-order valence-electron chi connectivity index (χ1n) is 8.17. The topological polar surface area (TPSA) is 32.3 Å². The third kappa shape index (κ3) is 3.48. The van der Waals surface area contributed by atoms with Gasteiger partial charge in [-0.05, 0) is 57.3 Å². The van der Waals surface area contributed by atoms with Gasteiger partial charge in [-0.3, -0.25) is 4.79 Å². The van der Waals surface area contributed by atoms with Gasteiger partial charge in [-0.25, -0.2) is 0 Å². The fraction of sp³-hybridized carbons (Fsp3) is 0.938. The monoisotopic (exact) mass is 300 g/mol. The number of nitrogens with one attached hydrogen (secondary N) is 1. The Morgan fingerprint density at radius 3 is 2.40 bits per heavy atom. The standard InChI is InChI=1S/C16H28N2O.ClH/c1-11-3-4-12(2)18(10-11)16(19)9-13-7-14-5-6-15(8-13)17-14;/h11-15,17H,3-10H2,1-2H3;1H. The Morgan fingerprint density at radius 2 is 1.75 bits per heavy atom. The quantitative estimate of drug-likeness (QED) is 0.850. The van der Waals surface area contributed by atoms with Crippen LogP contribution < -0.4 is 5.32 Å². The molecule has 20 heavy (non-hydrogen) atoms. The van der Waals surface area contributed by atoms with E-state index in [2.05, 4.69) is 24.1 Å². The predicted molar refractivity (Wildman–Crippen MR) is 84.1 cm³/mol. The van der Waals surface area contributed by atoms with Gasteiger partial charge >= 0.3 is 0 Å². The van der Waals surface area contributed by atoms with Gasteiger partial charge in [0.05, 0.1) is 0 Å². The zero-order chi connectivity index (χ0) is 13.4. The number of carbonyl (C=O) groups is 1. The van der Waals surface area contributed by atoms with Crippen molar-refractivity contribution >= 4 is 18.3 Å². The summed E-state index contributed by atoms with van der Waals surface area (Å²) in [7, 11) is 0. The molecule has 3 aliphatic rings. The van der Waals surface area contributed by atoms with E-state index in [4.69, 9.17) is 0 Å². The van der Waals surface area contributed by atoms with Crippen LogP contribution in [0.3, 0.4) is 0 Å². The van der Waals surface area contributed by atoms with Crippen molar-refractivity contribution in [2.24, 2.45) is 11.8 Å². The van der Waals surface area contributed by atoms with Crippen molar-refractivity contribution < 1.29 is 4.79 Å². The molecular formula is C16H29ClN2O. The Kier molecular flexibility index (Phi) is 5.36. The molecule has 4 atom stereocenters. The second kappa shape index (κ2) is 6.65. The first-order chi connectivity index (χ1) is 9.11. The molecule has 0 radical (unpaired) electrons. The van der Waals surface area contributed by atoms with Gasteiger partial charge in [-0.1, -0.05) is 6.92 Å². The molecule has 0 aromatic carbocycles. The minimum atomic E-state index is 0. The zero-order valence-electron chi connectivity index (χ0n) is 12.8. The first-order valence-corrected chi connectivity index (χ1v) is 8.17. The summed E-state index contributed by atoms with van der Waals surface area (Å²) < 4.78 is 0. The van der Waals surface area contributed by atoms with Crippen LogP contribution in [0.2, 0.25) is 0 Å². The molecule has 3 aliphatic heterocycles. The molecule has 3 fully saturated rings. The summed E-state index contributed by atoms with van der Waals surface area (Å²) in [6.07, 6.45) is 8.36. The third-order valence-electron chi connectivity index (χ3n) is 5.47. The molecule has 0 aromatic rings. The molecule has 1 amide bonds. The highest BCUT2D eigenvalue weighted by Crippen LogP contribution is 2.33. The van der Waals surface area contributed by atoms with Crippen molar-refractivity contribution in [3.05, 3.63) is 0 Å². The van der Waals surface area contributed by atoms with E-state index < -0.39 is 0 Å². The Hall–Kier alpha value is -0.280. The summed E-state index contributed by atoms with van der Waals surface area (Å²) in [4.78, 5) is 14.7. The zero-order valence-corrected chi connectivity index (χ0v) is 13.6. The molecule has 0 saturated carbocycles. The number of hydrogen-bond donors (Lipinski definition) is 1. The molecule has 3 rings (SSSR count). The smallest absolute Gasteiger partial charge is 0.223 e. The second-order valence-electron chi connectivity index (χ2n) is 7.26. The van der Waals surface area contributed by atoms with Crippen molar-refractivity contribution in [3.8, 4) is 0 Å². The largest absolute Gasteiger partial charge is 0.340 e. The van der Waals surface area contributed by atoms with Gasteiger partial charge in [0.2, 0.25) is 5.91 Å². The molecule has 3 nitrogen and oxygen atoms in total. The molecule has 4 heteroatoms. The minimum absolute atomic E-state index is 0. The van der Waals surface area contributed by atoms with Gasteiger partial charge in [-0.15, -0.1) is 12.4 Å². The maximum atomic E-state index is 12.6. The maximum absolute atomic E-state index is 12.6. The van der Waals surface area contributed by atoms with Crippen molar-refractivity contribution in [2.45, 2.75) is 76.9 Å². The van der Waals surface area contributed by atoms with Crippen LogP contribution in [0.15, 0.2) is 0 Å². The molecule has 0 aliphatic carbocycles. The number of halogens is 1. The van der Waals surface area contributed by atoms with E-state index in [1.165, 1.54) is 38.5 Å². The second-order valence-corrected chi connectivity index (χ2v) is 7.26. The van der Waals surface area contributed by atoms with E-state index in [1.807, 2.05) is 0 Å².